The number of nitrogens with zero attached hydrogens (tertiary/aromatic N) is 1. The summed E-state index contributed by atoms with van der Waals surface area (Å²) in [4.78, 5) is 11.7. The van der Waals surface area contributed by atoms with Gasteiger partial charge in [0.2, 0.25) is 0 Å². The number of hydrogen-bond acceptors (Lipinski definition) is 3. The van der Waals surface area contributed by atoms with Crippen molar-refractivity contribution in [2.45, 2.75) is 32.8 Å². The van der Waals surface area contributed by atoms with Crippen LogP contribution in [0, 0.1) is 34.0 Å². The Morgan fingerprint density at radius 1 is 1.64 bits per heavy atom. The summed E-state index contributed by atoms with van der Waals surface area (Å²) >= 11 is 0. The Bertz CT molecular complexity index is 372. The fraction of sp³-hybridized carbons (Fsp3) is 0.818. The van der Waals surface area contributed by atoms with Crippen LogP contribution in [-0.4, -0.2) is 12.1 Å². The SMILES string of the molecule is CC1C2OC(=O)C3(C#N)CC1(C)CC23. The van der Waals surface area contributed by atoms with Crippen molar-refractivity contribution in [3.63, 3.8) is 0 Å². The zero-order valence-corrected chi connectivity index (χ0v) is 8.41. The molecule has 2 saturated carbocycles. The molecule has 0 N–H and O–H groups in total. The van der Waals surface area contributed by atoms with E-state index in [1.54, 1.807) is 0 Å². The van der Waals surface area contributed by atoms with Crippen molar-refractivity contribution in [1.82, 2.24) is 0 Å². The van der Waals surface area contributed by atoms with Crippen LogP contribution < -0.4 is 0 Å². The molecule has 2 bridgehead atoms. The lowest BCUT2D eigenvalue weighted by Crippen LogP contribution is -2.36. The highest BCUT2D eigenvalue weighted by Gasteiger charge is 2.73. The summed E-state index contributed by atoms with van der Waals surface area (Å²) in [6.07, 6.45) is 1.70. The molecule has 0 amide bonds. The molecule has 3 aliphatic rings. The second-order valence-electron chi connectivity index (χ2n) is 5.38. The highest BCUT2D eigenvalue weighted by molar-refractivity contribution is 5.84. The van der Waals surface area contributed by atoms with Crippen molar-refractivity contribution < 1.29 is 9.53 Å². The first-order valence-corrected chi connectivity index (χ1v) is 5.16. The first kappa shape index (κ1) is 8.28. The number of ether oxygens (including phenoxy) is 1. The van der Waals surface area contributed by atoms with E-state index < -0.39 is 5.41 Å². The fourth-order valence-corrected chi connectivity index (χ4v) is 3.81. The number of carbonyl (C=O) groups excluding carboxylic acids is 1. The molecule has 3 fully saturated rings. The molecule has 74 valence electrons. The lowest BCUT2D eigenvalue weighted by Gasteiger charge is -2.32. The highest BCUT2D eigenvalue weighted by atomic mass is 16.6. The van der Waals surface area contributed by atoms with Crippen LogP contribution in [0.25, 0.3) is 0 Å². The Hall–Kier alpha value is -1.04. The molecule has 0 radical (unpaired) electrons. The van der Waals surface area contributed by atoms with Gasteiger partial charge in [0.05, 0.1) is 6.07 Å². The lowest BCUT2D eigenvalue weighted by molar-refractivity contribution is -0.146. The van der Waals surface area contributed by atoms with Gasteiger partial charge in [-0.25, -0.2) is 0 Å². The van der Waals surface area contributed by atoms with Gasteiger partial charge >= 0.3 is 5.97 Å². The average molecular weight is 191 g/mol. The minimum atomic E-state index is -0.786. The Labute approximate surface area is 83.0 Å². The van der Waals surface area contributed by atoms with Gasteiger partial charge in [0.1, 0.15) is 6.10 Å². The summed E-state index contributed by atoms with van der Waals surface area (Å²) in [6.45, 7) is 4.33. The van der Waals surface area contributed by atoms with Gasteiger partial charge in [-0.05, 0) is 24.2 Å². The molecule has 3 heteroatoms. The fourth-order valence-electron chi connectivity index (χ4n) is 3.81. The molecule has 2 aliphatic carbocycles. The van der Waals surface area contributed by atoms with E-state index in [2.05, 4.69) is 19.9 Å². The number of nitriles is 1. The molecule has 5 unspecified atom stereocenters. The van der Waals surface area contributed by atoms with Crippen molar-refractivity contribution in [3.05, 3.63) is 0 Å². The first-order valence-electron chi connectivity index (χ1n) is 5.16. The summed E-state index contributed by atoms with van der Waals surface area (Å²) in [5.41, 5.74) is -0.636. The molecule has 3 nitrogen and oxygen atoms in total. The molecule has 1 heterocycles. The van der Waals surface area contributed by atoms with Crippen LogP contribution in [0.5, 0.6) is 0 Å². The summed E-state index contributed by atoms with van der Waals surface area (Å²) in [7, 11) is 0. The second-order valence-corrected chi connectivity index (χ2v) is 5.38. The molecular formula is C11H13NO2. The Balaban J connectivity index is 2.16. The summed E-state index contributed by atoms with van der Waals surface area (Å²) < 4.78 is 5.35. The quantitative estimate of drug-likeness (QED) is 0.545. The third-order valence-corrected chi connectivity index (χ3v) is 4.80. The second kappa shape index (κ2) is 1.98. The van der Waals surface area contributed by atoms with Crippen LogP contribution in [0.2, 0.25) is 0 Å². The van der Waals surface area contributed by atoms with Crippen LogP contribution >= 0.6 is 0 Å². The number of rotatable bonds is 0. The lowest BCUT2D eigenvalue weighted by atomic mass is 9.67. The minimum Gasteiger partial charge on any atom is -0.460 e. The highest BCUT2D eigenvalue weighted by Crippen LogP contribution is 2.69. The van der Waals surface area contributed by atoms with Crippen LogP contribution in [0.1, 0.15) is 26.7 Å². The molecule has 1 aliphatic heterocycles. The van der Waals surface area contributed by atoms with Crippen LogP contribution in [-0.2, 0) is 9.53 Å². The number of carbonyl (C=O) groups is 1. The molecule has 0 aromatic rings. The van der Waals surface area contributed by atoms with Crippen molar-refractivity contribution in [3.8, 4) is 6.07 Å². The van der Waals surface area contributed by atoms with Gasteiger partial charge in [0.25, 0.3) is 0 Å². The van der Waals surface area contributed by atoms with Crippen LogP contribution in [0.4, 0.5) is 0 Å². The van der Waals surface area contributed by atoms with E-state index in [0.29, 0.717) is 12.3 Å². The van der Waals surface area contributed by atoms with Gasteiger partial charge in [-0.1, -0.05) is 13.8 Å². The Kier molecular flexibility index (Phi) is 1.17. The number of hydrogen-bond donors (Lipinski definition) is 0. The summed E-state index contributed by atoms with van der Waals surface area (Å²) in [6, 6.07) is 2.22. The molecular weight excluding hydrogens is 178 g/mol. The van der Waals surface area contributed by atoms with Crippen molar-refractivity contribution in [2.75, 3.05) is 0 Å². The zero-order chi connectivity index (χ0) is 10.1. The van der Waals surface area contributed by atoms with E-state index >= 15 is 0 Å². The van der Waals surface area contributed by atoms with Gasteiger partial charge < -0.3 is 4.74 Å². The minimum absolute atomic E-state index is 0.0147. The number of esters is 1. The van der Waals surface area contributed by atoms with E-state index in [1.165, 1.54) is 0 Å². The summed E-state index contributed by atoms with van der Waals surface area (Å²) in [5, 5.41) is 9.19. The maximum Gasteiger partial charge on any atom is 0.327 e. The van der Waals surface area contributed by atoms with Gasteiger partial charge in [0.15, 0.2) is 5.41 Å². The molecule has 0 aromatic heterocycles. The molecule has 5 atom stereocenters. The largest absolute Gasteiger partial charge is 0.460 e. The van der Waals surface area contributed by atoms with E-state index in [9.17, 15) is 10.1 Å². The standard InChI is InChI=1S/C11H13NO2/c1-6-8-7-3-10(6,2)4-11(7,5-12)9(13)14-8/h6-8H,3-4H2,1-2H3. The molecule has 0 aromatic carbocycles. The van der Waals surface area contributed by atoms with E-state index in [1.807, 2.05) is 0 Å². The summed E-state index contributed by atoms with van der Waals surface area (Å²) in [5.74, 6) is 0.323. The molecule has 1 saturated heterocycles. The molecule has 0 spiro atoms. The topological polar surface area (TPSA) is 50.1 Å². The van der Waals surface area contributed by atoms with Crippen molar-refractivity contribution in [2.24, 2.45) is 22.7 Å². The monoisotopic (exact) mass is 191 g/mol. The zero-order valence-electron chi connectivity index (χ0n) is 8.41. The van der Waals surface area contributed by atoms with Crippen LogP contribution in [0.3, 0.4) is 0 Å². The Morgan fingerprint density at radius 2 is 2.36 bits per heavy atom. The third-order valence-electron chi connectivity index (χ3n) is 4.80. The maximum atomic E-state index is 11.7. The predicted octanol–water partition coefficient (Wildman–Crippen LogP) is 1.49. The van der Waals surface area contributed by atoms with Crippen molar-refractivity contribution >= 4 is 5.97 Å². The van der Waals surface area contributed by atoms with Gasteiger partial charge in [-0.2, -0.15) is 5.26 Å². The van der Waals surface area contributed by atoms with Crippen LogP contribution in [0.15, 0.2) is 0 Å². The molecule has 14 heavy (non-hydrogen) atoms. The third kappa shape index (κ3) is 0.589. The molecule has 3 rings (SSSR count). The van der Waals surface area contributed by atoms with E-state index in [4.69, 9.17) is 4.74 Å². The normalized spacial score (nSPS) is 58.6. The van der Waals surface area contributed by atoms with E-state index in [0.717, 1.165) is 6.42 Å². The van der Waals surface area contributed by atoms with Gasteiger partial charge in [-0.15, -0.1) is 0 Å². The van der Waals surface area contributed by atoms with Crippen molar-refractivity contribution in [1.29, 1.82) is 5.26 Å². The average Bonchev–Trinajstić information content (AvgIpc) is 2.65. The van der Waals surface area contributed by atoms with Gasteiger partial charge in [-0.3, -0.25) is 4.79 Å². The first-order chi connectivity index (χ1) is 6.53. The maximum absolute atomic E-state index is 11.7. The van der Waals surface area contributed by atoms with E-state index in [-0.39, 0.29) is 23.4 Å². The predicted molar refractivity (Wildman–Crippen MR) is 47.9 cm³/mol. The van der Waals surface area contributed by atoms with Gasteiger partial charge in [0, 0.05) is 5.92 Å². The smallest absolute Gasteiger partial charge is 0.327 e. The Morgan fingerprint density at radius 3 is 2.93 bits per heavy atom. The number of fused-ring (bicyclic) bond motifs is 1.